The first-order valence-corrected chi connectivity index (χ1v) is 9.00. The molecule has 3 heterocycles. The first-order chi connectivity index (χ1) is 13.6. The van der Waals surface area contributed by atoms with Crippen LogP contribution in [0.15, 0.2) is 47.3 Å². The lowest BCUT2D eigenvalue weighted by atomic mass is 10.2. The van der Waals surface area contributed by atoms with Crippen molar-refractivity contribution in [3.63, 3.8) is 0 Å². The van der Waals surface area contributed by atoms with E-state index in [4.69, 9.17) is 9.47 Å². The monoisotopic (exact) mass is 377 g/mol. The molecule has 1 aliphatic heterocycles. The summed E-state index contributed by atoms with van der Waals surface area (Å²) in [4.78, 5) is 14.7. The van der Waals surface area contributed by atoms with E-state index < -0.39 is 0 Å². The molecule has 1 aliphatic rings. The standard InChI is InChI=1S/C20H19N5O3/c1-23(10-13-7-8-16-17(9-13)28-12-27-16)11-18-21-22-20-24(2)19(26)14-5-3-4-6-15(14)25(18)20/h3-9H,10-12H2,1-2H3. The maximum atomic E-state index is 12.6. The van der Waals surface area contributed by atoms with Crippen LogP contribution in [0.2, 0.25) is 0 Å². The number of aryl methyl sites for hydroxylation is 1. The van der Waals surface area contributed by atoms with Gasteiger partial charge < -0.3 is 9.47 Å². The second-order valence-corrected chi connectivity index (χ2v) is 6.99. The molecule has 0 amide bonds. The SMILES string of the molecule is CN(Cc1ccc2c(c1)OCO2)Cc1nnc2n(C)c(=O)c3ccccc3n12. The second-order valence-electron chi connectivity index (χ2n) is 6.99. The predicted molar refractivity (Wildman–Crippen MR) is 103 cm³/mol. The van der Waals surface area contributed by atoms with Gasteiger partial charge in [-0.15, -0.1) is 10.2 Å². The summed E-state index contributed by atoms with van der Waals surface area (Å²) < 4.78 is 14.3. The molecule has 2 aromatic carbocycles. The zero-order valence-corrected chi connectivity index (χ0v) is 15.6. The van der Waals surface area contributed by atoms with Crippen LogP contribution in [0.1, 0.15) is 11.4 Å². The Morgan fingerprint density at radius 2 is 1.89 bits per heavy atom. The fourth-order valence-corrected chi connectivity index (χ4v) is 3.64. The topological polar surface area (TPSA) is 73.9 Å². The average Bonchev–Trinajstić information content (AvgIpc) is 3.33. The van der Waals surface area contributed by atoms with Gasteiger partial charge in [-0.2, -0.15) is 0 Å². The molecule has 5 rings (SSSR count). The molecular formula is C20H19N5O3. The lowest BCUT2D eigenvalue weighted by Gasteiger charge is -2.16. The number of hydrogen-bond donors (Lipinski definition) is 0. The number of aromatic nitrogens is 4. The summed E-state index contributed by atoms with van der Waals surface area (Å²) in [6, 6.07) is 13.5. The molecule has 0 N–H and O–H groups in total. The van der Waals surface area contributed by atoms with Gasteiger partial charge in [-0.05, 0) is 36.9 Å². The highest BCUT2D eigenvalue weighted by Crippen LogP contribution is 2.32. The highest BCUT2D eigenvalue weighted by Gasteiger charge is 2.17. The van der Waals surface area contributed by atoms with Gasteiger partial charge in [0.15, 0.2) is 17.3 Å². The zero-order valence-electron chi connectivity index (χ0n) is 15.6. The third-order valence-corrected chi connectivity index (χ3v) is 4.99. The Morgan fingerprint density at radius 1 is 1.07 bits per heavy atom. The van der Waals surface area contributed by atoms with E-state index in [-0.39, 0.29) is 12.4 Å². The molecule has 0 saturated carbocycles. The van der Waals surface area contributed by atoms with Crippen molar-refractivity contribution < 1.29 is 9.47 Å². The quantitative estimate of drug-likeness (QED) is 0.541. The van der Waals surface area contributed by atoms with Crippen LogP contribution < -0.4 is 15.0 Å². The van der Waals surface area contributed by atoms with Gasteiger partial charge in [0.25, 0.3) is 5.56 Å². The van der Waals surface area contributed by atoms with Gasteiger partial charge >= 0.3 is 0 Å². The van der Waals surface area contributed by atoms with Crippen LogP contribution >= 0.6 is 0 Å². The summed E-state index contributed by atoms with van der Waals surface area (Å²) in [5, 5.41) is 9.25. The second kappa shape index (κ2) is 6.35. The third kappa shape index (κ3) is 2.61. The van der Waals surface area contributed by atoms with Crippen molar-refractivity contribution in [2.24, 2.45) is 7.05 Å². The van der Waals surface area contributed by atoms with Crippen LogP contribution in [0.4, 0.5) is 0 Å². The Kier molecular flexibility index (Phi) is 3.80. The minimum absolute atomic E-state index is 0.0734. The molecule has 0 aliphatic carbocycles. The lowest BCUT2D eigenvalue weighted by molar-refractivity contribution is 0.174. The van der Waals surface area contributed by atoms with E-state index >= 15 is 0 Å². The number of nitrogens with zero attached hydrogens (tertiary/aromatic N) is 5. The molecule has 28 heavy (non-hydrogen) atoms. The predicted octanol–water partition coefficient (Wildman–Crippen LogP) is 1.94. The molecule has 8 heteroatoms. The van der Waals surface area contributed by atoms with E-state index in [1.54, 1.807) is 7.05 Å². The number of rotatable bonds is 4. The van der Waals surface area contributed by atoms with Gasteiger partial charge in [-0.3, -0.25) is 18.7 Å². The number of ether oxygens (including phenoxy) is 2. The molecule has 4 aromatic rings. The Hall–Kier alpha value is -3.39. The molecule has 0 atom stereocenters. The molecule has 0 unspecified atom stereocenters. The Morgan fingerprint density at radius 3 is 2.79 bits per heavy atom. The van der Waals surface area contributed by atoms with Crippen molar-refractivity contribution in [1.82, 2.24) is 24.1 Å². The van der Waals surface area contributed by atoms with E-state index in [2.05, 4.69) is 15.1 Å². The van der Waals surface area contributed by atoms with E-state index in [1.165, 1.54) is 4.57 Å². The molecular weight excluding hydrogens is 358 g/mol. The maximum absolute atomic E-state index is 12.6. The summed E-state index contributed by atoms with van der Waals surface area (Å²) >= 11 is 0. The van der Waals surface area contributed by atoms with E-state index in [0.717, 1.165) is 34.9 Å². The van der Waals surface area contributed by atoms with Gasteiger partial charge in [-0.25, -0.2) is 0 Å². The smallest absolute Gasteiger partial charge is 0.262 e. The van der Waals surface area contributed by atoms with Crippen LogP contribution in [0.25, 0.3) is 16.7 Å². The third-order valence-electron chi connectivity index (χ3n) is 4.99. The summed E-state index contributed by atoms with van der Waals surface area (Å²) in [5.74, 6) is 2.88. The number of benzene rings is 2. The highest BCUT2D eigenvalue weighted by molar-refractivity contribution is 5.80. The summed E-state index contributed by atoms with van der Waals surface area (Å²) in [6.45, 7) is 1.57. The van der Waals surface area contributed by atoms with Crippen molar-refractivity contribution in [2.75, 3.05) is 13.8 Å². The molecule has 0 fully saturated rings. The number of para-hydroxylation sites is 1. The maximum Gasteiger partial charge on any atom is 0.262 e. The van der Waals surface area contributed by atoms with Gasteiger partial charge in [0.2, 0.25) is 12.6 Å². The van der Waals surface area contributed by atoms with E-state index in [9.17, 15) is 4.79 Å². The molecule has 0 saturated heterocycles. The zero-order chi connectivity index (χ0) is 19.3. The average molecular weight is 377 g/mol. The fourth-order valence-electron chi connectivity index (χ4n) is 3.64. The Bertz CT molecular complexity index is 1260. The van der Waals surface area contributed by atoms with Crippen molar-refractivity contribution in [3.05, 3.63) is 64.2 Å². The Balaban J connectivity index is 1.49. The first kappa shape index (κ1) is 16.8. The van der Waals surface area contributed by atoms with Crippen molar-refractivity contribution in [1.29, 1.82) is 0 Å². The summed E-state index contributed by atoms with van der Waals surface area (Å²) in [5.41, 5.74) is 1.87. The largest absolute Gasteiger partial charge is 0.454 e. The number of hydrogen-bond acceptors (Lipinski definition) is 6. The molecule has 0 spiro atoms. The van der Waals surface area contributed by atoms with Crippen molar-refractivity contribution in [2.45, 2.75) is 13.1 Å². The lowest BCUT2D eigenvalue weighted by Crippen LogP contribution is -2.22. The molecule has 0 bridgehead atoms. The van der Waals surface area contributed by atoms with Crippen LogP contribution in [-0.2, 0) is 20.1 Å². The van der Waals surface area contributed by atoms with Gasteiger partial charge in [-0.1, -0.05) is 18.2 Å². The van der Waals surface area contributed by atoms with E-state index in [0.29, 0.717) is 17.7 Å². The summed E-state index contributed by atoms with van der Waals surface area (Å²) in [7, 11) is 3.74. The Labute approximate surface area is 160 Å². The van der Waals surface area contributed by atoms with Crippen LogP contribution in [0, 0.1) is 0 Å². The van der Waals surface area contributed by atoms with Gasteiger partial charge in [0, 0.05) is 13.6 Å². The highest BCUT2D eigenvalue weighted by atomic mass is 16.7. The molecule has 0 radical (unpaired) electrons. The minimum Gasteiger partial charge on any atom is -0.454 e. The van der Waals surface area contributed by atoms with Crippen molar-refractivity contribution >= 4 is 16.7 Å². The van der Waals surface area contributed by atoms with Crippen LogP contribution in [0.3, 0.4) is 0 Å². The minimum atomic E-state index is -0.0734. The van der Waals surface area contributed by atoms with Crippen molar-refractivity contribution in [3.8, 4) is 11.5 Å². The summed E-state index contributed by atoms with van der Waals surface area (Å²) in [6.07, 6.45) is 0. The fraction of sp³-hybridized carbons (Fsp3) is 0.250. The molecule has 2 aromatic heterocycles. The van der Waals surface area contributed by atoms with Crippen LogP contribution in [-0.4, -0.2) is 37.9 Å². The normalized spacial score (nSPS) is 13.1. The van der Waals surface area contributed by atoms with Gasteiger partial charge in [0.1, 0.15) is 0 Å². The number of fused-ring (bicyclic) bond motifs is 4. The van der Waals surface area contributed by atoms with Crippen LogP contribution in [0.5, 0.6) is 11.5 Å². The molecule has 142 valence electrons. The molecule has 8 nitrogen and oxygen atoms in total. The van der Waals surface area contributed by atoms with Gasteiger partial charge in [0.05, 0.1) is 17.4 Å². The first-order valence-electron chi connectivity index (χ1n) is 9.00. The van der Waals surface area contributed by atoms with E-state index in [1.807, 2.05) is 53.9 Å².